The van der Waals surface area contributed by atoms with Crippen molar-refractivity contribution in [2.45, 2.75) is 32.2 Å². The third-order valence-corrected chi connectivity index (χ3v) is 4.51. The fraction of sp³-hybridized carbons (Fsp3) is 0.462. The van der Waals surface area contributed by atoms with E-state index in [0.29, 0.717) is 6.04 Å². The van der Waals surface area contributed by atoms with E-state index in [0.717, 1.165) is 21.3 Å². The van der Waals surface area contributed by atoms with E-state index in [1.807, 2.05) is 0 Å². The number of aromatic nitrogens is 1. The minimum atomic E-state index is -0.195. The van der Waals surface area contributed by atoms with Crippen LogP contribution in [0.15, 0.2) is 18.2 Å². The van der Waals surface area contributed by atoms with Crippen molar-refractivity contribution in [3.63, 3.8) is 0 Å². The molecule has 2 aromatic rings. The van der Waals surface area contributed by atoms with Crippen LogP contribution in [0.5, 0.6) is 0 Å². The lowest BCUT2D eigenvalue weighted by molar-refractivity contribution is 0.285. The fourth-order valence-corrected chi connectivity index (χ4v) is 3.20. The number of anilines is 1. The molecule has 2 nitrogen and oxygen atoms in total. The molecule has 0 amide bonds. The summed E-state index contributed by atoms with van der Waals surface area (Å²) in [7, 11) is 0. The normalized spacial score (nSPS) is 18.0. The van der Waals surface area contributed by atoms with Gasteiger partial charge in [0.15, 0.2) is 5.13 Å². The van der Waals surface area contributed by atoms with Crippen LogP contribution < -0.4 is 5.32 Å². The molecule has 1 aromatic carbocycles. The van der Waals surface area contributed by atoms with Gasteiger partial charge in [-0.25, -0.2) is 9.37 Å². The van der Waals surface area contributed by atoms with Crippen LogP contribution >= 0.6 is 11.3 Å². The van der Waals surface area contributed by atoms with E-state index in [4.69, 9.17) is 0 Å². The first-order chi connectivity index (χ1) is 8.22. The third-order valence-electron chi connectivity index (χ3n) is 3.56. The third kappa shape index (κ3) is 2.14. The van der Waals surface area contributed by atoms with Crippen molar-refractivity contribution in [3.8, 4) is 0 Å². The van der Waals surface area contributed by atoms with Gasteiger partial charge in [0.05, 0.1) is 10.2 Å². The lowest BCUT2D eigenvalue weighted by Gasteiger charge is -2.31. The summed E-state index contributed by atoms with van der Waals surface area (Å²) in [6, 6.07) is 5.21. The Balaban J connectivity index is 1.80. The van der Waals surface area contributed by atoms with Gasteiger partial charge in [0, 0.05) is 6.04 Å². The van der Waals surface area contributed by atoms with Crippen LogP contribution in [0.2, 0.25) is 0 Å². The summed E-state index contributed by atoms with van der Waals surface area (Å²) in [6.07, 6.45) is 3.98. The number of benzene rings is 1. The molecule has 0 bridgehead atoms. The Kier molecular flexibility index (Phi) is 2.74. The highest BCUT2D eigenvalue weighted by Gasteiger charge is 2.24. The van der Waals surface area contributed by atoms with Crippen molar-refractivity contribution in [2.24, 2.45) is 5.92 Å². The van der Waals surface area contributed by atoms with Crippen molar-refractivity contribution >= 4 is 26.7 Å². The van der Waals surface area contributed by atoms with E-state index in [2.05, 4.69) is 17.2 Å². The lowest BCUT2D eigenvalue weighted by Crippen LogP contribution is -2.30. The zero-order chi connectivity index (χ0) is 11.8. The summed E-state index contributed by atoms with van der Waals surface area (Å²) in [4.78, 5) is 4.48. The highest BCUT2D eigenvalue weighted by molar-refractivity contribution is 7.22. The summed E-state index contributed by atoms with van der Waals surface area (Å²) in [5.41, 5.74) is 0.875. The second kappa shape index (κ2) is 4.26. The number of rotatable bonds is 3. The summed E-state index contributed by atoms with van der Waals surface area (Å²) in [5, 5.41) is 4.35. The van der Waals surface area contributed by atoms with E-state index in [-0.39, 0.29) is 5.82 Å². The molecule has 1 fully saturated rings. The molecule has 0 aliphatic heterocycles. The van der Waals surface area contributed by atoms with E-state index < -0.39 is 0 Å². The van der Waals surface area contributed by atoms with E-state index in [1.165, 1.54) is 36.7 Å². The van der Waals surface area contributed by atoms with Crippen LogP contribution in [-0.2, 0) is 0 Å². The van der Waals surface area contributed by atoms with Crippen molar-refractivity contribution in [1.29, 1.82) is 0 Å². The van der Waals surface area contributed by atoms with Crippen molar-refractivity contribution in [1.82, 2.24) is 4.98 Å². The van der Waals surface area contributed by atoms with Crippen molar-refractivity contribution in [2.75, 3.05) is 5.32 Å². The Labute approximate surface area is 104 Å². The topological polar surface area (TPSA) is 24.9 Å². The van der Waals surface area contributed by atoms with Gasteiger partial charge in [-0.15, -0.1) is 0 Å². The molecule has 0 radical (unpaired) electrons. The fourth-order valence-electron chi connectivity index (χ4n) is 2.21. The Morgan fingerprint density at radius 1 is 1.47 bits per heavy atom. The van der Waals surface area contributed by atoms with Gasteiger partial charge in [0.1, 0.15) is 5.82 Å². The van der Waals surface area contributed by atoms with Gasteiger partial charge in [-0.1, -0.05) is 17.8 Å². The molecule has 1 aliphatic carbocycles. The number of thiazole rings is 1. The van der Waals surface area contributed by atoms with Gasteiger partial charge in [-0.05, 0) is 43.9 Å². The molecule has 0 saturated heterocycles. The van der Waals surface area contributed by atoms with Crippen LogP contribution in [0, 0.1) is 11.7 Å². The average Bonchev–Trinajstić information content (AvgIpc) is 2.55. The van der Waals surface area contributed by atoms with E-state index in [9.17, 15) is 4.39 Å². The highest BCUT2D eigenvalue weighted by atomic mass is 32.1. The first-order valence-electron chi connectivity index (χ1n) is 6.05. The summed E-state index contributed by atoms with van der Waals surface area (Å²) in [5.74, 6) is 0.582. The maximum Gasteiger partial charge on any atom is 0.184 e. The monoisotopic (exact) mass is 250 g/mol. The summed E-state index contributed by atoms with van der Waals surface area (Å²) < 4.78 is 14.0. The molecule has 0 spiro atoms. The standard InChI is InChI=1S/C13H15FN2S/c1-8(9-3-2-4-9)15-13-16-11-6-5-10(14)7-12(11)17-13/h5-9H,2-4H2,1H3,(H,15,16). The van der Waals surface area contributed by atoms with Crippen LogP contribution in [-0.4, -0.2) is 11.0 Å². The Morgan fingerprint density at radius 3 is 3.00 bits per heavy atom. The van der Waals surface area contributed by atoms with E-state index >= 15 is 0 Å². The molecule has 1 atom stereocenters. The maximum atomic E-state index is 13.1. The Bertz CT molecular complexity index is 533. The predicted molar refractivity (Wildman–Crippen MR) is 70.0 cm³/mol. The number of fused-ring (bicyclic) bond motifs is 1. The van der Waals surface area contributed by atoms with Gasteiger partial charge in [-0.2, -0.15) is 0 Å². The average molecular weight is 250 g/mol. The number of hydrogen-bond acceptors (Lipinski definition) is 3. The molecule has 17 heavy (non-hydrogen) atoms. The SMILES string of the molecule is CC(Nc1nc2ccc(F)cc2s1)C1CCC1. The smallest absolute Gasteiger partial charge is 0.184 e. The van der Waals surface area contributed by atoms with Gasteiger partial charge >= 0.3 is 0 Å². The van der Waals surface area contributed by atoms with Gasteiger partial charge in [-0.3, -0.25) is 0 Å². The molecule has 1 aromatic heterocycles. The van der Waals surface area contributed by atoms with Gasteiger partial charge < -0.3 is 5.32 Å². The zero-order valence-electron chi connectivity index (χ0n) is 9.74. The highest BCUT2D eigenvalue weighted by Crippen LogP contribution is 2.33. The molecule has 3 rings (SSSR count). The molecule has 1 unspecified atom stereocenters. The predicted octanol–water partition coefficient (Wildman–Crippen LogP) is 4.04. The maximum absolute atomic E-state index is 13.1. The Morgan fingerprint density at radius 2 is 2.29 bits per heavy atom. The molecule has 90 valence electrons. The summed E-state index contributed by atoms with van der Waals surface area (Å²) in [6.45, 7) is 2.20. The quantitative estimate of drug-likeness (QED) is 0.889. The molecule has 1 heterocycles. The zero-order valence-corrected chi connectivity index (χ0v) is 10.6. The van der Waals surface area contributed by atoms with Crippen LogP contribution in [0.3, 0.4) is 0 Å². The van der Waals surface area contributed by atoms with Crippen LogP contribution in [0.4, 0.5) is 9.52 Å². The van der Waals surface area contributed by atoms with Crippen LogP contribution in [0.25, 0.3) is 10.2 Å². The number of nitrogens with zero attached hydrogens (tertiary/aromatic N) is 1. The first kappa shape index (κ1) is 11.0. The molecule has 1 aliphatic rings. The molecule has 1 N–H and O–H groups in total. The minimum absolute atomic E-state index is 0.195. The summed E-state index contributed by atoms with van der Waals surface area (Å²) >= 11 is 1.53. The van der Waals surface area contributed by atoms with Crippen LogP contribution in [0.1, 0.15) is 26.2 Å². The molecule has 4 heteroatoms. The lowest BCUT2D eigenvalue weighted by atomic mass is 9.80. The largest absolute Gasteiger partial charge is 0.359 e. The molecular weight excluding hydrogens is 235 g/mol. The van der Waals surface area contributed by atoms with Gasteiger partial charge in [0.25, 0.3) is 0 Å². The first-order valence-corrected chi connectivity index (χ1v) is 6.86. The Hall–Kier alpha value is -1.16. The van der Waals surface area contributed by atoms with Gasteiger partial charge in [0.2, 0.25) is 0 Å². The number of hydrogen-bond donors (Lipinski definition) is 1. The second-order valence-electron chi connectivity index (χ2n) is 4.76. The van der Waals surface area contributed by atoms with Crippen molar-refractivity contribution < 1.29 is 4.39 Å². The number of nitrogens with one attached hydrogen (secondary N) is 1. The minimum Gasteiger partial charge on any atom is -0.359 e. The molecule has 1 saturated carbocycles. The number of halogens is 1. The van der Waals surface area contributed by atoms with Crippen molar-refractivity contribution in [3.05, 3.63) is 24.0 Å². The van der Waals surface area contributed by atoms with E-state index in [1.54, 1.807) is 12.1 Å². The second-order valence-corrected chi connectivity index (χ2v) is 5.79. The molecular formula is C13H15FN2S.